The Kier molecular flexibility index (Phi) is 1.06. The fourth-order valence-electron chi connectivity index (χ4n) is 2.04. The number of aliphatic carboxylic acids is 1. The second-order valence-corrected chi connectivity index (χ2v) is 3.32. The second kappa shape index (κ2) is 1.72. The SMILES string of the molecule is O=C(O)C12CCCC(C1)N2. The molecule has 2 heterocycles. The van der Waals surface area contributed by atoms with E-state index in [0.717, 1.165) is 25.7 Å². The van der Waals surface area contributed by atoms with E-state index in [0.29, 0.717) is 6.04 Å². The lowest BCUT2D eigenvalue weighted by molar-refractivity contribution is -0.153. The van der Waals surface area contributed by atoms with Crippen LogP contribution in [0, 0.1) is 0 Å². The van der Waals surface area contributed by atoms with Crippen LogP contribution >= 0.6 is 0 Å². The molecule has 3 nitrogen and oxygen atoms in total. The van der Waals surface area contributed by atoms with Gasteiger partial charge in [0.05, 0.1) is 0 Å². The van der Waals surface area contributed by atoms with E-state index in [1.54, 1.807) is 0 Å². The molecule has 0 aromatic carbocycles. The quantitative estimate of drug-likeness (QED) is 0.554. The van der Waals surface area contributed by atoms with Gasteiger partial charge in [-0.25, -0.2) is 0 Å². The number of carbonyl (C=O) groups is 1. The van der Waals surface area contributed by atoms with E-state index in [1.165, 1.54) is 0 Å². The van der Waals surface area contributed by atoms with Crippen molar-refractivity contribution < 1.29 is 9.90 Å². The molecule has 2 unspecified atom stereocenters. The summed E-state index contributed by atoms with van der Waals surface area (Å²) in [7, 11) is 0. The van der Waals surface area contributed by atoms with Crippen LogP contribution in [0.4, 0.5) is 0 Å². The molecule has 2 bridgehead atoms. The van der Waals surface area contributed by atoms with Crippen LogP contribution in [0.25, 0.3) is 0 Å². The van der Waals surface area contributed by atoms with E-state index in [2.05, 4.69) is 5.32 Å². The van der Waals surface area contributed by atoms with Gasteiger partial charge < -0.3 is 5.11 Å². The fraction of sp³-hybridized carbons (Fsp3) is 0.857. The molecule has 2 aliphatic heterocycles. The van der Waals surface area contributed by atoms with Crippen LogP contribution in [0.1, 0.15) is 25.7 Å². The molecule has 3 rings (SSSR count). The Bertz CT molecular complexity index is 167. The van der Waals surface area contributed by atoms with E-state index < -0.39 is 11.5 Å². The van der Waals surface area contributed by atoms with Crippen molar-refractivity contribution in [1.82, 2.24) is 5.32 Å². The van der Waals surface area contributed by atoms with Gasteiger partial charge in [-0.3, -0.25) is 10.1 Å². The first kappa shape index (κ1) is 6.16. The third-order valence-electron chi connectivity index (χ3n) is 2.64. The number of hydrogen-bond donors (Lipinski definition) is 2. The van der Waals surface area contributed by atoms with E-state index in [-0.39, 0.29) is 0 Å². The van der Waals surface area contributed by atoms with Gasteiger partial charge in [-0.1, -0.05) is 0 Å². The van der Waals surface area contributed by atoms with Crippen molar-refractivity contribution in [2.75, 3.05) is 0 Å². The smallest absolute Gasteiger partial charge is 0.323 e. The van der Waals surface area contributed by atoms with Crippen molar-refractivity contribution in [2.24, 2.45) is 0 Å². The first-order chi connectivity index (χ1) is 4.73. The van der Waals surface area contributed by atoms with Gasteiger partial charge in [0.25, 0.3) is 0 Å². The minimum Gasteiger partial charge on any atom is -0.480 e. The molecule has 1 aliphatic carbocycles. The molecular formula is C7H11NO2. The molecule has 2 saturated heterocycles. The minimum absolute atomic E-state index is 0.504. The minimum atomic E-state index is -0.663. The zero-order valence-corrected chi connectivity index (χ0v) is 5.76. The van der Waals surface area contributed by atoms with Gasteiger partial charge in [0.15, 0.2) is 0 Å². The van der Waals surface area contributed by atoms with E-state index in [4.69, 9.17) is 5.11 Å². The molecule has 0 aromatic heterocycles. The van der Waals surface area contributed by atoms with Crippen LogP contribution in [0.3, 0.4) is 0 Å². The number of carboxylic acids is 1. The molecule has 2 atom stereocenters. The molecule has 0 radical (unpaired) electrons. The van der Waals surface area contributed by atoms with Gasteiger partial charge in [-0.2, -0.15) is 0 Å². The monoisotopic (exact) mass is 141 g/mol. The largest absolute Gasteiger partial charge is 0.480 e. The topological polar surface area (TPSA) is 49.3 Å². The number of hydrogen-bond acceptors (Lipinski definition) is 2. The molecule has 3 heteroatoms. The Morgan fingerprint density at radius 1 is 1.70 bits per heavy atom. The third-order valence-corrected chi connectivity index (χ3v) is 2.64. The van der Waals surface area contributed by atoms with Gasteiger partial charge in [-0.05, 0) is 25.7 Å². The summed E-state index contributed by atoms with van der Waals surface area (Å²) in [5.41, 5.74) is -0.511. The van der Waals surface area contributed by atoms with Crippen molar-refractivity contribution in [3.8, 4) is 0 Å². The summed E-state index contributed by atoms with van der Waals surface area (Å²) in [6, 6.07) is 0.504. The molecule has 0 spiro atoms. The molecule has 3 fully saturated rings. The summed E-state index contributed by atoms with van der Waals surface area (Å²) in [6.45, 7) is 0. The first-order valence-electron chi connectivity index (χ1n) is 3.74. The number of carboxylic acid groups (broad SMARTS) is 1. The van der Waals surface area contributed by atoms with E-state index in [1.807, 2.05) is 0 Å². The summed E-state index contributed by atoms with van der Waals surface area (Å²) in [6.07, 6.45) is 3.90. The summed E-state index contributed by atoms with van der Waals surface area (Å²) in [4.78, 5) is 10.7. The molecule has 10 heavy (non-hydrogen) atoms. The van der Waals surface area contributed by atoms with E-state index >= 15 is 0 Å². The van der Waals surface area contributed by atoms with Crippen LogP contribution in [0.5, 0.6) is 0 Å². The maximum atomic E-state index is 10.7. The van der Waals surface area contributed by atoms with E-state index in [9.17, 15) is 4.79 Å². The highest BCUT2D eigenvalue weighted by Crippen LogP contribution is 2.37. The normalized spacial score (nSPS) is 44.2. The molecular weight excluding hydrogens is 130 g/mol. The lowest BCUT2D eigenvalue weighted by atomic mass is 9.71. The standard InChI is InChI=1S/C7H11NO2/c9-6(10)7-3-1-2-5(4-7)8-7/h5,8H,1-4H2,(H,9,10). The van der Waals surface area contributed by atoms with Gasteiger partial charge in [-0.15, -0.1) is 0 Å². The zero-order valence-electron chi connectivity index (χ0n) is 5.76. The summed E-state index contributed by atoms with van der Waals surface area (Å²) < 4.78 is 0. The Morgan fingerprint density at radius 2 is 2.40 bits per heavy atom. The lowest BCUT2D eigenvalue weighted by Gasteiger charge is -2.50. The Morgan fingerprint density at radius 3 is 2.70 bits per heavy atom. The molecule has 0 amide bonds. The van der Waals surface area contributed by atoms with Crippen LogP contribution in [-0.4, -0.2) is 22.7 Å². The number of fused-ring (bicyclic) bond motifs is 2. The maximum Gasteiger partial charge on any atom is 0.323 e. The van der Waals surface area contributed by atoms with Crippen LogP contribution < -0.4 is 5.32 Å². The molecule has 2 N–H and O–H groups in total. The molecule has 56 valence electrons. The van der Waals surface area contributed by atoms with Crippen LogP contribution in [-0.2, 0) is 4.79 Å². The maximum absolute atomic E-state index is 10.7. The summed E-state index contributed by atoms with van der Waals surface area (Å²) in [5.74, 6) is -0.663. The summed E-state index contributed by atoms with van der Waals surface area (Å²) in [5, 5.41) is 11.9. The number of rotatable bonds is 1. The van der Waals surface area contributed by atoms with Crippen LogP contribution in [0.2, 0.25) is 0 Å². The molecule has 1 saturated carbocycles. The molecule has 0 aromatic rings. The van der Waals surface area contributed by atoms with Gasteiger partial charge in [0.1, 0.15) is 5.54 Å². The number of piperidine rings is 1. The van der Waals surface area contributed by atoms with Gasteiger partial charge >= 0.3 is 5.97 Å². The first-order valence-corrected chi connectivity index (χ1v) is 3.74. The van der Waals surface area contributed by atoms with Crippen molar-refractivity contribution in [3.63, 3.8) is 0 Å². The van der Waals surface area contributed by atoms with Crippen molar-refractivity contribution in [3.05, 3.63) is 0 Å². The highest BCUT2D eigenvalue weighted by Gasteiger charge is 2.51. The second-order valence-electron chi connectivity index (χ2n) is 3.32. The predicted octanol–water partition coefficient (Wildman–Crippen LogP) is 0.356. The van der Waals surface area contributed by atoms with Gasteiger partial charge in [0, 0.05) is 6.04 Å². The Hall–Kier alpha value is -0.570. The number of nitrogens with one attached hydrogen (secondary N) is 1. The third kappa shape index (κ3) is 0.611. The summed E-state index contributed by atoms with van der Waals surface area (Å²) >= 11 is 0. The van der Waals surface area contributed by atoms with Crippen molar-refractivity contribution in [1.29, 1.82) is 0 Å². The fourth-order valence-corrected chi connectivity index (χ4v) is 2.04. The van der Waals surface area contributed by atoms with Crippen molar-refractivity contribution in [2.45, 2.75) is 37.3 Å². The Balaban J connectivity index is 2.12. The average molecular weight is 141 g/mol. The Labute approximate surface area is 59.4 Å². The average Bonchev–Trinajstić information content (AvgIpc) is 1.87. The van der Waals surface area contributed by atoms with Gasteiger partial charge in [0.2, 0.25) is 0 Å². The lowest BCUT2D eigenvalue weighted by Crippen LogP contribution is -2.70. The molecule has 3 aliphatic rings. The van der Waals surface area contributed by atoms with Crippen molar-refractivity contribution >= 4 is 5.97 Å². The highest BCUT2D eigenvalue weighted by atomic mass is 16.4. The highest BCUT2D eigenvalue weighted by molar-refractivity contribution is 5.80. The van der Waals surface area contributed by atoms with Crippen LogP contribution in [0.15, 0.2) is 0 Å². The predicted molar refractivity (Wildman–Crippen MR) is 35.8 cm³/mol. The zero-order chi connectivity index (χ0) is 7.19.